The number of piperidine rings is 1. The van der Waals surface area contributed by atoms with Crippen LogP contribution in [0.15, 0.2) is 0 Å². The second-order valence-corrected chi connectivity index (χ2v) is 4.55. The molecule has 0 aromatic carbocycles. The van der Waals surface area contributed by atoms with Gasteiger partial charge in [-0.05, 0) is 50.5 Å². The molecule has 1 N–H and O–H groups in total. The third-order valence-corrected chi connectivity index (χ3v) is 3.83. The van der Waals surface area contributed by atoms with Crippen molar-refractivity contribution in [3.05, 3.63) is 0 Å². The molecule has 2 aliphatic rings. The van der Waals surface area contributed by atoms with Crippen molar-refractivity contribution in [1.82, 2.24) is 5.32 Å². The summed E-state index contributed by atoms with van der Waals surface area (Å²) < 4.78 is 0. The van der Waals surface area contributed by atoms with E-state index in [2.05, 4.69) is 12.2 Å². The molecule has 70 valence electrons. The largest absolute Gasteiger partial charge is 0.314 e. The fraction of sp³-hybridized carbons (Fsp3) is 1.00. The Kier molecular flexibility index (Phi) is 2.69. The van der Waals surface area contributed by atoms with E-state index in [-0.39, 0.29) is 0 Å². The van der Waals surface area contributed by atoms with Gasteiger partial charge in [0.15, 0.2) is 0 Å². The summed E-state index contributed by atoms with van der Waals surface area (Å²) in [6.45, 7) is 3.62. The summed E-state index contributed by atoms with van der Waals surface area (Å²) in [4.78, 5) is 0. The van der Waals surface area contributed by atoms with Crippen molar-refractivity contribution < 1.29 is 0 Å². The molecular formula is C11H21N. The molecule has 3 atom stereocenters. The third kappa shape index (κ3) is 1.66. The Morgan fingerprint density at radius 2 is 2.17 bits per heavy atom. The summed E-state index contributed by atoms with van der Waals surface area (Å²) in [5.74, 6) is 2.07. The maximum Gasteiger partial charge on any atom is 0.00955 e. The second-order valence-electron chi connectivity index (χ2n) is 4.55. The lowest BCUT2D eigenvalue weighted by atomic mass is 9.73. The van der Waals surface area contributed by atoms with Crippen LogP contribution in [0.25, 0.3) is 0 Å². The topological polar surface area (TPSA) is 12.0 Å². The molecule has 1 saturated heterocycles. The molecule has 0 aromatic rings. The number of hydrogen-bond donors (Lipinski definition) is 1. The van der Waals surface area contributed by atoms with Gasteiger partial charge in [-0.3, -0.25) is 0 Å². The Morgan fingerprint density at radius 3 is 3.00 bits per heavy atom. The molecule has 1 nitrogen and oxygen atoms in total. The lowest BCUT2D eigenvalue weighted by Crippen LogP contribution is -2.44. The van der Waals surface area contributed by atoms with Crippen molar-refractivity contribution in [3.63, 3.8) is 0 Å². The fourth-order valence-corrected chi connectivity index (χ4v) is 2.97. The lowest BCUT2D eigenvalue weighted by Gasteiger charge is -2.39. The Bertz CT molecular complexity index is 144. The smallest absolute Gasteiger partial charge is 0.00955 e. The Labute approximate surface area is 75.9 Å². The van der Waals surface area contributed by atoms with Crippen LogP contribution in [-0.4, -0.2) is 12.6 Å². The van der Waals surface area contributed by atoms with Crippen LogP contribution in [-0.2, 0) is 0 Å². The van der Waals surface area contributed by atoms with Gasteiger partial charge in [0, 0.05) is 6.04 Å². The van der Waals surface area contributed by atoms with Crippen LogP contribution in [0, 0.1) is 11.8 Å². The van der Waals surface area contributed by atoms with E-state index in [9.17, 15) is 0 Å². The van der Waals surface area contributed by atoms with Gasteiger partial charge in [-0.1, -0.05) is 13.3 Å². The number of rotatable bonds is 1. The summed E-state index contributed by atoms with van der Waals surface area (Å²) in [7, 11) is 0. The third-order valence-electron chi connectivity index (χ3n) is 3.83. The van der Waals surface area contributed by atoms with Crippen LogP contribution < -0.4 is 5.32 Å². The van der Waals surface area contributed by atoms with Crippen molar-refractivity contribution in [1.29, 1.82) is 0 Å². The van der Waals surface area contributed by atoms with E-state index in [1.165, 1.54) is 45.1 Å². The van der Waals surface area contributed by atoms with Crippen molar-refractivity contribution in [3.8, 4) is 0 Å². The minimum Gasteiger partial charge on any atom is -0.314 e. The van der Waals surface area contributed by atoms with Crippen molar-refractivity contribution in [2.45, 2.75) is 51.5 Å². The van der Waals surface area contributed by atoms with Crippen molar-refractivity contribution in [2.75, 3.05) is 6.54 Å². The lowest BCUT2D eigenvalue weighted by molar-refractivity contribution is 0.163. The first-order valence-corrected chi connectivity index (χ1v) is 5.63. The van der Waals surface area contributed by atoms with Crippen LogP contribution in [0.2, 0.25) is 0 Å². The minimum absolute atomic E-state index is 0.890. The zero-order valence-corrected chi connectivity index (χ0v) is 8.18. The molecule has 0 radical (unpaired) electrons. The molecule has 1 heterocycles. The number of nitrogens with one attached hydrogen (secondary N) is 1. The molecule has 1 heteroatoms. The molecule has 0 aromatic heterocycles. The van der Waals surface area contributed by atoms with Crippen LogP contribution in [0.5, 0.6) is 0 Å². The Hall–Kier alpha value is -0.0400. The van der Waals surface area contributed by atoms with Crippen LogP contribution in [0.1, 0.15) is 45.4 Å². The molecule has 1 aliphatic carbocycles. The van der Waals surface area contributed by atoms with Crippen LogP contribution in [0.4, 0.5) is 0 Å². The maximum atomic E-state index is 3.67. The highest BCUT2D eigenvalue weighted by Crippen LogP contribution is 2.35. The van der Waals surface area contributed by atoms with Gasteiger partial charge in [0.25, 0.3) is 0 Å². The summed E-state index contributed by atoms with van der Waals surface area (Å²) >= 11 is 0. The first-order chi connectivity index (χ1) is 5.90. The SMILES string of the molecule is CCC1CCC2NCCCC2C1. The molecule has 3 unspecified atom stereocenters. The summed E-state index contributed by atoms with van der Waals surface area (Å²) in [5.41, 5.74) is 0. The predicted molar refractivity (Wildman–Crippen MR) is 52.1 cm³/mol. The van der Waals surface area contributed by atoms with Crippen molar-refractivity contribution in [2.24, 2.45) is 11.8 Å². The van der Waals surface area contributed by atoms with Crippen LogP contribution >= 0.6 is 0 Å². The molecule has 1 aliphatic heterocycles. The first-order valence-electron chi connectivity index (χ1n) is 5.63. The Balaban J connectivity index is 1.90. The Morgan fingerprint density at radius 1 is 1.25 bits per heavy atom. The van der Waals surface area contributed by atoms with E-state index in [1.54, 1.807) is 0 Å². The molecule has 0 amide bonds. The fourth-order valence-electron chi connectivity index (χ4n) is 2.97. The quantitative estimate of drug-likeness (QED) is 0.633. The van der Waals surface area contributed by atoms with E-state index < -0.39 is 0 Å². The van der Waals surface area contributed by atoms with Gasteiger partial charge >= 0.3 is 0 Å². The van der Waals surface area contributed by atoms with E-state index in [0.29, 0.717) is 0 Å². The van der Waals surface area contributed by atoms with E-state index in [0.717, 1.165) is 17.9 Å². The second kappa shape index (κ2) is 3.78. The zero-order valence-electron chi connectivity index (χ0n) is 8.18. The van der Waals surface area contributed by atoms with Gasteiger partial charge in [0.2, 0.25) is 0 Å². The normalized spacial score (nSPS) is 42.2. The molecule has 1 saturated carbocycles. The highest BCUT2D eigenvalue weighted by Gasteiger charge is 2.30. The molecule has 2 rings (SSSR count). The summed E-state index contributed by atoms with van der Waals surface area (Å²) in [6, 6.07) is 0.890. The monoisotopic (exact) mass is 167 g/mol. The predicted octanol–water partition coefficient (Wildman–Crippen LogP) is 2.56. The highest BCUT2D eigenvalue weighted by molar-refractivity contribution is 4.87. The van der Waals surface area contributed by atoms with E-state index in [1.807, 2.05) is 0 Å². The zero-order chi connectivity index (χ0) is 8.39. The van der Waals surface area contributed by atoms with Gasteiger partial charge in [0.1, 0.15) is 0 Å². The highest BCUT2D eigenvalue weighted by atomic mass is 14.9. The molecule has 2 fully saturated rings. The van der Waals surface area contributed by atoms with Gasteiger partial charge in [0.05, 0.1) is 0 Å². The van der Waals surface area contributed by atoms with Gasteiger partial charge < -0.3 is 5.32 Å². The van der Waals surface area contributed by atoms with Crippen LogP contribution in [0.3, 0.4) is 0 Å². The van der Waals surface area contributed by atoms with Gasteiger partial charge in [-0.15, -0.1) is 0 Å². The van der Waals surface area contributed by atoms with Crippen molar-refractivity contribution >= 4 is 0 Å². The van der Waals surface area contributed by atoms with Gasteiger partial charge in [-0.25, -0.2) is 0 Å². The average Bonchev–Trinajstić information content (AvgIpc) is 2.17. The molecule has 0 spiro atoms. The standard InChI is InChI=1S/C11H21N/c1-2-9-5-6-11-10(8-9)4-3-7-12-11/h9-12H,2-8H2,1H3. The maximum absolute atomic E-state index is 3.67. The number of hydrogen-bond acceptors (Lipinski definition) is 1. The van der Waals surface area contributed by atoms with Gasteiger partial charge in [-0.2, -0.15) is 0 Å². The summed E-state index contributed by atoms with van der Waals surface area (Å²) in [6.07, 6.45) is 8.75. The molecular weight excluding hydrogens is 146 g/mol. The average molecular weight is 167 g/mol. The minimum atomic E-state index is 0.890. The molecule has 12 heavy (non-hydrogen) atoms. The summed E-state index contributed by atoms with van der Waals surface area (Å²) in [5, 5.41) is 3.67. The van der Waals surface area contributed by atoms with E-state index >= 15 is 0 Å². The van der Waals surface area contributed by atoms with E-state index in [4.69, 9.17) is 0 Å². The molecule has 0 bridgehead atoms. The number of fused-ring (bicyclic) bond motifs is 1. The first kappa shape index (κ1) is 8.55.